The van der Waals surface area contributed by atoms with E-state index in [4.69, 9.17) is 0 Å². The SMILES string of the molecule is CCc1ccccc1NC(=O)CN(C)C(=O)CC1Sc2ccc(C(F)(F)F)cc2NC1=O. The Balaban J connectivity index is 1.59. The van der Waals surface area contributed by atoms with Gasteiger partial charge in [-0.3, -0.25) is 14.4 Å². The number of halogens is 3. The Hall–Kier alpha value is -3.01. The topological polar surface area (TPSA) is 78.5 Å². The molecule has 0 saturated carbocycles. The molecule has 0 bridgehead atoms. The minimum Gasteiger partial charge on any atom is -0.336 e. The highest BCUT2D eigenvalue weighted by Gasteiger charge is 2.34. The number of anilines is 2. The lowest BCUT2D eigenvalue weighted by Gasteiger charge is -2.26. The van der Waals surface area contributed by atoms with Crippen molar-refractivity contribution in [3.05, 3.63) is 53.6 Å². The van der Waals surface area contributed by atoms with Crippen molar-refractivity contribution >= 4 is 40.9 Å². The number of hydrogen-bond donors (Lipinski definition) is 2. The molecule has 170 valence electrons. The van der Waals surface area contributed by atoms with Crippen molar-refractivity contribution in [2.45, 2.75) is 36.1 Å². The van der Waals surface area contributed by atoms with Gasteiger partial charge in [0.1, 0.15) is 0 Å². The standard InChI is InChI=1S/C22H22F3N3O3S/c1-3-13-6-4-5-7-15(13)26-19(29)12-28(2)20(30)11-18-21(31)27-16-10-14(22(23,24)25)8-9-17(16)32-18/h4-10,18H,3,11-12H2,1-2H3,(H,26,29)(H,27,31). The first-order valence-electron chi connectivity index (χ1n) is 9.89. The molecule has 6 nitrogen and oxygen atoms in total. The third-order valence-electron chi connectivity index (χ3n) is 4.97. The first-order valence-corrected chi connectivity index (χ1v) is 10.8. The molecule has 1 aliphatic rings. The van der Waals surface area contributed by atoms with Crippen LogP contribution >= 0.6 is 11.8 Å². The van der Waals surface area contributed by atoms with Crippen LogP contribution in [-0.2, 0) is 27.0 Å². The maximum Gasteiger partial charge on any atom is 0.416 e. The number of nitrogens with one attached hydrogen (secondary N) is 2. The quantitative estimate of drug-likeness (QED) is 0.671. The van der Waals surface area contributed by atoms with E-state index in [2.05, 4.69) is 10.6 Å². The molecule has 32 heavy (non-hydrogen) atoms. The van der Waals surface area contributed by atoms with Gasteiger partial charge in [0.25, 0.3) is 0 Å². The van der Waals surface area contributed by atoms with Crippen molar-refractivity contribution in [3.63, 3.8) is 0 Å². The highest BCUT2D eigenvalue weighted by atomic mass is 32.2. The number of fused-ring (bicyclic) bond motifs is 1. The number of nitrogens with zero attached hydrogens (tertiary/aromatic N) is 1. The van der Waals surface area contributed by atoms with Crippen molar-refractivity contribution in [1.82, 2.24) is 4.90 Å². The van der Waals surface area contributed by atoms with Crippen LogP contribution in [0.4, 0.5) is 24.5 Å². The maximum atomic E-state index is 12.9. The molecule has 1 heterocycles. The molecule has 0 aliphatic carbocycles. The van der Waals surface area contributed by atoms with Gasteiger partial charge in [-0.05, 0) is 36.2 Å². The number of hydrogen-bond acceptors (Lipinski definition) is 4. The Morgan fingerprint density at radius 3 is 2.59 bits per heavy atom. The minimum atomic E-state index is -4.52. The summed E-state index contributed by atoms with van der Waals surface area (Å²) < 4.78 is 38.6. The van der Waals surface area contributed by atoms with Crippen molar-refractivity contribution in [1.29, 1.82) is 0 Å². The summed E-state index contributed by atoms with van der Waals surface area (Å²) in [5.41, 5.74) is 0.860. The van der Waals surface area contributed by atoms with E-state index < -0.39 is 28.8 Å². The zero-order valence-corrected chi connectivity index (χ0v) is 18.3. The van der Waals surface area contributed by atoms with Crippen LogP contribution in [0.25, 0.3) is 0 Å². The summed E-state index contributed by atoms with van der Waals surface area (Å²) in [6.07, 6.45) is -3.96. The number of alkyl halides is 3. The van der Waals surface area contributed by atoms with Gasteiger partial charge < -0.3 is 15.5 Å². The van der Waals surface area contributed by atoms with E-state index in [-0.39, 0.29) is 24.6 Å². The summed E-state index contributed by atoms with van der Waals surface area (Å²) in [7, 11) is 1.46. The summed E-state index contributed by atoms with van der Waals surface area (Å²) in [5, 5.41) is 4.42. The molecule has 2 aromatic rings. The van der Waals surface area contributed by atoms with E-state index >= 15 is 0 Å². The number of thioether (sulfide) groups is 1. The number of amides is 3. The Bertz CT molecular complexity index is 1040. The summed E-state index contributed by atoms with van der Waals surface area (Å²) >= 11 is 1.03. The lowest BCUT2D eigenvalue weighted by molar-refractivity contribution is -0.137. The third kappa shape index (κ3) is 5.61. The Morgan fingerprint density at radius 1 is 1.19 bits per heavy atom. The number of aryl methyl sites for hydroxylation is 1. The molecule has 3 rings (SSSR count). The molecular formula is C22H22F3N3O3S. The first kappa shape index (κ1) is 23.6. The largest absolute Gasteiger partial charge is 0.416 e. The Morgan fingerprint density at radius 2 is 1.91 bits per heavy atom. The third-order valence-corrected chi connectivity index (χ3v) is 6.24. The van der Waals surface area contributed by atoms with Crippen molar-refractivity contribution < 1.29 is 27.6 Å². The van der Waals surface area contributed by atoms with Crippen LogP contribution in [0.5, 0.6) is 0 Å². The second kappa shape index (κ2) is 9.64. The average Bonchev–Trinajstić information content (AvgIpc) is 2.73. The molecule has 3 amide bonds. The van der Waals surface area contributed by atoms with Crippen LogP contribution < -0.4 is 10.6 Å². The number of rotatable bonds is 6. The fourth-order valence-electron chi connectivity index (χ4n) is 3.22. The summed E-state index contributed by atoms with van der Waals surface area (Å²) in [5.74, 6) is -1.34. The van der Waals surface area contributed by atoms with E-state index in [1.54, 1.807) is 12.1 Å². The average molecular weight is 465 g/mol. The van der Waals surface area contributed by atoms with E-state index in [1.807, 2.05) is 19.1 Å². The second-order valence-corrected chi connectivity index (χ2v) is 8.56. The summed E-state index contributed by atoms with van der Waals surface area (Å²) in [4.78, 5) is 38.9. The smallest absolute Gasteiger partial charge is 0.336 e. The summed E-state index contributed by atoms with van der Waals surface area (Å²) in [6.45, 7) is 1.77. The van der Waals surface area contributed by atoms with Gasteiger partial charge >= 0.3 is 6.18 Å². The fourth-order valence-corrected chi connectivity index (χ4v) is 4.30. The zero-order chi connectivity index (χ0) is 23.5. The lowest BCUT2D eigenvalue weighted by atomic mass is 10.1. The molecular weight excluding hydrogens is 443 g/mol. The van der Waals surface area contributed by atoms with Gasteiger partial charge in [0.2, 0.25) is 17.7 Å². The highest BCUT2D eigenvalue weighted by Crippen LogP contribution is 2.40. The van der Waals surface area contributed by atoms with Crippen LogP contribution in [-0.4, -0.2) is 41.5 Å². The van der Waals surface area contributed by atoms with Gasteiger partial charge in [-0.2, -0.15) is 13.2 Å². The Kier molecular flexibility index (Phi) is 7.12. The van der Waals surface area contributed by atoms with Crippen molar-refractivity contribution in [2.75, 3.05) is 24.2 Å². The predicted octanol–water partition coefficient (Wildman–Crippen LogP) is 4.17. The number of para-hydroxylation sites is 1. The predicted molar refractivity (Wildman–Crippen MR) is 116 cm³/mol. The molecule has 0 aromatic heterocycles. The van der Waals surface area contributed by atoms with Crippen LogP contribution in [0.15, 0.2) is 47.4 Å². The molecule has 0 saturated heterocycles. The van der Waals surface area contributed by atoms with Crippen LogP contribution in [0.1, 0.15) is 24.5 Å². The van der Waals surface area contributed by atoms with Gasteiger partial charge in [0.05, 0.1) is 23.0 Å². The number of likely N-dealkylation sites (N-methyl/N-ethyl adjacent to an activating group) is 1. The number of benzene rings is 2. The van der Waals surface area contributed by atoms with Crippen molar-refractivity contribution in [2.24, 2.45) is 0 Å². The highest BCUT2D eigenvalue weighted by molar-refractivity contribution is 8.01. The normalized spacial score (nSPS) is 15.5. The van der Waals surface area contributed by atoms with Crippen LogP contribution in [0, 0.1) is 0 Å². The van der Waals surface area contributed by atoms with Gasteiger partial charge in [-0.1, -0.05) is 25.1 Å². The molecule has 0 radical (unpaired) electrons. The van der Waals surface area contributed by atoms with Gasteiger partial charge in [-0.15, -0.1) is 11.8 Å². The second-order valence-electron chi connectivity index (χ2n) is 7.32. The van der Waals surface area contributed by atoms with Gasteiger partial charge in [0.15, 0.2) is 0 Å². The van der Waals surface area contributed by atoms with E-state index in [9.17, 15) is 27.6 Å². The van der Waals surface area contributed by atoms with Gasteiger partial charge in [0, 0.05) is 24.1 Å². The molecule has 1 aliphatic heterocycles. The molecule has 1 unspecified atom stereocenters. The molecule has 0 fully saturated rings. The fraction of sp³-hybridized carbons (Fsp3) is 0.318. The molecule has 1 atom stereocenters. The number of carbonyl (C=O) groups is 3. The first-order chi connectivity index (χ1) is 15.1. The number of carbonyl (C=O) groups excluding carboxylic acids is 3. The van der Waals surface area contributed by atoms with Crippen LogP contribution in [0.2, 0.25) is 0 Å². The molecule has 2 N–H and O–H groups in total. The van der Waals surface area contributed by atoms with Gasteiger partial charge in [-0.25, -0.2) is 0 Å². The minimum absolute atomic E-state index is 0.0702. The Labute approximate surface area is 187 Å². The molecule has 2 aromatic carbocycles. The monoisotopic (exact) mass is 465 g/mol. The zero-order valence-electron chi connectivity index (χ0n) is 17.5. The molecule has 10 heteroatoms. The maximum absolute atomic E-state index is 12.9. The van der Waals surface area contributed by atoms with E-state index in [1.165, 1.54) is 18.0 Å². The van der Waals surface area contributed by atoms with Crippen LogP contribution in [0.3, 0.4) is 0 Å². The molecule has 0 spiro atoms. The van der Waals surface area contributed by atoms with E-state index in [0.717, 1.165) is 35.9 Å². The lowest BCUT2D eigenvalue weighted by Crippen LogP contribution is -2.39. The van der Waals surface area contributed by atoms with Crippen molar-refractivity contribution in [3.8, 4) is 0 Å². The van der Waals surface area contributed by atoms with E-state index in [0.29, 0.717) is 10.6 Å². The summed E-state index contributed by atoms with van der Waals surface area (Å²) in [6, 6.07) is 10.5.